The first-order valence-corrected chi connectivity index (χ1v) is 8.59. The van der Waals surface area contributed by atoms with Gasteiger partial charge in [0.1, 0.15) is 0 Å². The molecule has 2 nitrogen and oxygen atoms in total. The Morgan fingerprint density at radius 2 is 2.10 bits per heavy atom. The van der Waals surface area contributed by atoms with E-state index in [0.717, 1.165) is 34.1 Å². The molecule has 0 atom stereocenters. The molecular formula is C16H17BrClNOS. The van der Waals surface area contributed by atoms with Crippen LogP contribution in [0.3, 0.4) is 0 Å². The SMILES string of the molecule is COCCNCc1ccc(Sc2cccc(Cl)c2)c(Br)c1. The lowest BCUT2D eigenvalue weighted by molar-refractivity contribution is 0.199. The van der Waals surface area contributed by atoms with E-state index in [-0.39, 0.29) is 0 Å². The topological polar surface area (TPSA) is 21.3 Å². The third kappa shape index (κ3) is 5.64. The van der Waals surface area contributed by atoms with Gasteiger partial charge in [-0.15, -0.1) is 0 Å². The Morgan fingerprint density at radius 1 is 1.24 bits per heavy atom. The van der Waals surface area contributed by atoms with E-state index in [4.69, 9.17) is 16.3 Å². The zero-order chi connectivity index (χ0) is 15.1. The lowest BCUT2D eigenvalue weighted by Crippen LogP contribution is -2.18. The van der Waals surface area contributed by atoms with E-state index in [9.17, 15) is 0 Å². The van der Waals surface area contributed by atoms with Crippen molar-refractivity contribution in [2.24, 2.45) is 0 Å². The van der Waals surface area contributed by atoms with Gasteiger partial charge < -0.3 is 10.1 Å². The average Bonchev–Trinajstić information content (AvgIpc) is 2.46. The molecule has 21 heavy (non-hydrogen) atoms. The van der Waals surface area contributed by atoms with Crippen LogP contribution in [0.4, 0.5) is 0 Å². The summed E-state index contributed by atoms with van der Waals surface area (Å²) in [7, 11) is 1.71. The fourth-order valence-corrected chi connectivity index (χ4v) is 3.60. The first-order valence-electron chi connectivity index (χ1n) is 6.60. The second-order valence-corrected chi connectivity index (χ2v) is 6.90. The van der Waals surface area contributed by atoms with E-state index >= 15 is 0 Å². The molecule has 2 aromatic carbocycles. The molecule has 0 aliphatic heterocycles. The number of benzene rings is 2. The van der Waals surface area contributed by atoms with Gasteiger partial charge in [-0.25, -0.2) is 0 Å². The first-order chi connectivity index (χ1) is 10.2. The molecule has 0 saturated carbocycles. The van der Waals surface area contributed by atoms with Crippen LogP contribution in [0.2, 0.25) is 5.02 Å². The number of nitrogens with one attached hydrogen (secondary N) is 1. The Morgan fingerprint density at radius 3 is 2.81 bits per heavy atom. The minimum atomic E-state index is 0.726. The molecule has 0 bridgehead atoms. The maximum atomic E-state index is 6.02. The second kappa shape index (κ2) is 8.81. The van der Waals surface area contributed by atoms with E-state index in [2.05, 4.69) is 45.5 Å². The van der Waals surface area contributed by atoms with Gasteiger partial charge in [0.25, 0.3) is 0 Å². The summed E-state index contributed by atoms with van der Waals surface area (Å²) in [6.07, 6.45) is 0. The molecule has 0 spiro atoms. The van der Waals surface area contributed by atoms with Crippen LogP contribution in [0.1, 0.15) is 5.56 Å². The molecule has 0 unspecified atom stereocenters. The van der Waals surface area contributed by atoms with Crippen molar-refractivity contribution in [3.05, 3.63) is 57.5 Å². The van der Waals surface area contributed by atoms with Crippen LogP contribution in [0.15, 0.2) is 56.7 Å². The van der Waals surface area contributed by atoms with Crippen molar-refractivity contribution < 1.29 is 4.74 Å². The van der Waals surface area contributed by atoms with Crippen molar-refractivity contribution >= 4 is 39.3 Å². The number of hydrogen-bond acceptors (Lipinski definition) is 3. The molecule has 0 aromatic heterocycles. The number of hydrogen-bond donors (Lipinski definition) is 1. The van der Waals surface area contributed by atoms with Crippen molar-refractivity contribution in [2.45, 2.75) is 16.3 Å². The molecule has 0 radical (unpaired) electrons. The molecule has 0 fully saturated rings. The van der Waals surface area contributed by atoms with Gasteiger partial charge in [-0.3, -0.25) is 0 Å². The summed E-state index contributed by atoms with van der Waals surface area (Å²) in [5.74, 6) is 0. The van der Waals surface area contributed by atoms with Gasteiger partial charge in [0.05, 0.1) is 6.61 Å². The van der Waals surface area contributed by atoms with Crippen molar-refractivity contribution in [1.29, 1.82) is 0 Å². The number of rotatable bonds is 7. The number of ether oxygens (including phenoxy) is 1. The third-order valence-electron chi connectivity index (χ3n) is 2.83. The lowest BCUT2D eigenvalue weighted by atomic mass is 10.2. The van der Waals surface area contributed by atoms with Crippen LogP contribution >= 0.6 is 39.3 Å². The number of halogens is 2. The molecule has 0 amide bonds. The highest BCUT2D eigenvalue weighted by atomic mass is 79.9. The second-order valence-electron chi connectivity index (χ2n) is 4.49. The Bertz CT molecular complexity index is 594. The standard InChI is InChI=1S/C16H17BrClNOS/c1-20-8-7-19-11-12-5-6-16(15(17)9-12)21-14-4-2-3-13(18)10-14/h2-6,9-10,19H,7-8,11H2,1H3. The molecule has 2 aromatic rings. The predicted octanol–water partition coefficient (Wildman–Crippen LogP) is 4.99. The predicted molar refractivity (Wildman–Crippen MR) is 93.3 cm³/mol. The molecule has 1 N–H and O–H groups in total. The van der Waals surface area contributed by atoms with Crippen LogP contribution in [0, 0.1) is 0 Å². The third-order valence-corrected chi connectivity index (χ3v) is 5.05. The Hall–Kier alpha value is -0.520. The van der Waals surface area contributed by atoms with Crippen molar-refractivity contribution in [3.63, 3.8) is 0 Å². The summed E-state index contributed by atoms with van der Waals surface area (Å²) in [6, 6.07) is 14.3. The van der Waals surface area contributed by atoms with Crippen LogP contribution in [-0.4, -0.2) is 20.3 Å². The van der Waals surface area contributed by atoms with E-state index in [1.54, 1.807) is 18.9 Å². The van der Waals surface area contributed by atoms with E-state index in [1.165, 1.54) is 10.5 Å². The molecule has 112 valence electrons. The zero-order valence-corrected chi connectivity index (χ0v) is 14.9. The summed E-state index contributed by atoms with van der Waals surface area (Å²) in [4.78, 5) is 2.31. The van der Waals surface area contributed by atoms with Crippen LogP contribution < -0.4 is 5.32 Å². The van der Waals surface area contributed by atoms with Crippen LogP contribution in [0.5, 0.6) is 0 Å². The van der Waals surface area contributed by atoms with Crippen LogP contribution in [-0.2, 0) is 11.3 Å². The smallest absolute Gasteiger partial charge is 0.0587 e. The number of methoxy groups -OCH3 is 1. The van der Waals surface area contributed by atoms with Crippen molar-refractivity contribution in [2.75, 3.05) is 20.3 Å². The average molecular weight is 387 g/mol. The highest BCUT2D eigenvalue weighted by Crippen LogP contribution is 2.34. The van der Waals surface area contributed by atoms with Gasteiger partial charge in [-0.2, -0.15) is 0 Å². The summed E-state index contributed by atoms with van der Waals surface area (Å²) in [6.45, 7) is 2.42. The monoisotopic (exact) mass is 385 g/mol. The van der Waals surface area contributed by atoms with E-state index in [0.29, 0.717) is 0 Å². The van der Waals surface area contributed by atoms with Gasteiger partial charge in [0.15, 0.2) is 0 Å². The Labute approximate surface area is 143 Å². The van der Waals surface area contributed by atoms with Gasteiger partial charge in [0.2, 0.25) is 0 Å². The summed E-state index contributed by atoms with van der Waals surface area (Å²) >= 11 is 11.4. The molecule has 0 saturated heterocycles. The summed E-state index contributed by atoms with van der Waals surface area (Å²) < 4.78 is 6.11. The van der Waals surface area contributed by atoms with Crippen LogP contribution in [0.25, 0.3) is 0 Å². The quantitative estimate of drug-likeness (QED) is 0.677. The maximum Gasteiger partial charge on any atom is 0.0587 e. The summed E-state index contributed by atoms with van der Waals surface area (Å²) in [5.41, 5.74) is 1.24. The van der Waals surface area contributed by atoms with Crippen molar-refractivity contribution in [1.82, 2.24) is 5.32 Å². The molecule has 0 aliphatic rings. The fraction of sp³-hybridized carbons (Fsp3) is 0.250. The minimum Gasteiger partial charge on any atom is -0.383 e. The molecular weight excluding hydrogens is 370 g/mol. The molecule has 0 aliphatic carbocycles. The van der Waals surface area contributed by atoms with Gasteiger partial charge in [-0.05, 0) is 51.8 Å². The van der Waals surface area contributed by atoms with Gasteiger partial charge in [-0.1, -0.05) is 35.5 Å². The fourth-order valence-electron chi connectivity index (χ4n) is 1.80. The normalized spacial score (nSPS) is 10.8. The van der Waals surface area contributed by atoms with E-state index < -0.39 is 0 Å². The zero-order valence-electron chi connectivity index (χ0n) is 11.7. The van der Waals surface area contributed by atoms with E-state index in [1.807, 2.05) is 18.2 Å². The van der Waals surface area contributed by atoms with Gasteiger partial charge in [0, 0.05) is 39.5 Å². The Balaban J connectivity index is 1.98. The van der Waals surface area contributed by atoms with Gasteiger partial charge >= 0.3 is 0 Å². The lowest BCUT2D eigenvalue weighted by Gasteiger charge is -2.08. The highest BCUT2D eigenvalue weighted by molar-refractivity contribution is 9.10. The van der Waals surface area contributed by atoms with Crippen molar-refractivity contribution in [3.8, 4) is 0 Å². The summed E-state index contributed by atoms with van der Waals surface area (Å²) in [5, 5.41) is 4.10. The minimum absolute atomic E-state index is 0.726. The first kappa shape index (κ1) is 16.8. The molecule has 2 rings (SSSR count). The molecule has 5 heteroatoms. The molecule has 0 heterocycles. The Kier molecular flexibility index (Phi) is 7.07. The highest BCUT2D eigenvalue weighted by Gasteiger charge is 2.04. The largest absolute Gasteiger partial charge is 0.383 e. The maximum absolute atomic E-state index is 6.02.